The van der Waals surface area contributed by atoms with Gasteiger partial charge in [0, 0.05) is 20.1 Å². The van der Waals surface area contributed by atoms with E-state index in [0.717, 1.165) is 11.1 Å². The van der Waals surface area contributed by atoms with Crippen molar-refractivity contribution in [2.24, 2.45) is 0 Å². The third-order valence-corrected chi connectivity index (χ3v) is 7.82. The van der Waals surface area contributed by atoms with E-state index >= 15 is 0 Å². The Morgan fingerprint density at radius 1 is 1.03 bits per heavy atom. The van der Waals surface area contributed by atoms with Crippen LogP contribution in [-0.4, -0.2) is 39.3 Å². The van der Waals surface area contributed by atoms with Crippen LogP contribution in [0.2, 0.25) is 5.02 Å². The van der Waals surface area contributed by atoms with Crippen LogP contribution in [0.1, 0.15) is 21.5 Å². The monoisotopic (exact) mass is 470 g/mol. The Hall–Kier alpha value is -2.87. The summed E-state index contributed by atoms with van der Waals surface area (Å²) in [7, 11) is -0.683. The van der Waals surface area contributed by atoms with Crippen molar-refractivity contribution in [2.45, 2.75) is 17.9 Å². The zero-order chi connectivity index (χ0) is 22.9. The molecular formula is C24H23ClN2O4S. The molecule has 0 unspecified atom stereocenters. The van der Waals surface area contributed by atoms with E-state index in [4.69, 9.17) is 16.3 Å². The minimum Gasteiger partial charge on any atom is -0.495 e. The van der Waals surface area contributed by atoms with Gasteiger partial charge in [0.15, 0.2) is 0 Å². The molecule has 0 N–H and O–H groups in total. The first-order valence-electron chi connectivity index (χ1n) is 10.1. The second-order valence-corrected chi connectivity index (χ2v) is 9.88. The van der Waals surface area contributed by atoms with Crippen molar-refractivity contribution >= 4 is 33.2 Å². The van der Waals surface area contributed by atoms with E-state index in [1.165, 1.54) is 34.5 Å². The van der Waals surface area contributed by atoms with Crippen molar-refractivity contribution in [1.82, 2.24) is 4.31 Å². The lowest BCUT2D eigenvalue weighted by Crippen LogP contribution is -2.36. The van der Waals surface area contributed by atoms with E-state index in [2.05, 4.69) is 0 Å². The van der Waals surface area contributed by atoms with Gasteiger partial charge >= 0.3 is 0 Å². The minimum atomic E-state index is -3.80. The Bertz CT molecular complexity index is 1280. The summed E-state index contributed by atoms with van der Waals surface area (Å²) < 4.78 is 33.5. The van der Waals surface area contributed by atoms with E-state index in [1.807, 2.05) is 24.3 Å². The molecule has 0 spiro atoms. The fourth-order valence-electron chi connectivity index (χ4n) is 3.85. The molecule has 0 radical (unpaired) electrons. The Morgan fingerprint density at radius 3 is 2.47 bits per heavy atom. The predicted molar refractivity (Wildman–Crippen MR) is 125 cm³/mol. The molecule has 0 aromatic heterocycles. The molecule has 6 nitrogen and oxygen atoms in total. The van der Waals surface area contributed by atoms with Crippen LogP contribution in [0.15, 0.2) is 71.6 Å². The number of halogens is 1. The summed E-state index contributed by atoms with van der Waals surface area (Å²) in [6, 6.07) is 19.2. The number of ether oxygens (including phenoxy) is 1. The van der Waals surface area contributed by atoms with Crippen LogP contribution in [-0.2, 0) is 23.0 Å². The summed E-state index contributed by atoms with van der Waals surface area (Å²) in [5, 5.41) is 0.180. The lowest BCUT2D eigenvalue weighted by atomic mass is 10.0. The molecule has 3 aromatic rings. The molecule has 0 saturated heterocycles. The summed E-state index contributed by atoms with van der Waals surface area (Å²) in [6.45, 7) is 0.678. The highest BCUT2D eigenvalue weighted by atomic mass is 35.5. The van der Waals surface area contributed by atoms with E-state index in [1.54, 1.807) is 31.3 Å². The maximum absolute atomic E-state index is 13.4. The SMILES string of the molecule is COc1ccccc1N(C)C(=O)c1cc(S(=O)(=O)N2CCc3ccccc3C2)ccc1Cl. The third-order valence-electron chi connectivity index (χ3n) is 5.65. The highest BCUT2D eigenvalue weighted by molar-refractivity contribution is 7.89. The lowest BCUT2D eigenvalue weighted by molar-refractivity contribution is 0.0992. The summed E-state index contributed by atoms with van der Waals surface area (Å²) in [5.74, 6) is 0.0933. The van der Waals surface area contributed by atoms with Crippen LogP contribution in [0.25, 0.3) is 0 Å². The minimum absolute atomic E-state index is 0.0399. The van der Waals surface area contributed by atoms with E-state index in [-0.39, 0.29) is 15.5 Å². The van der Waals surface area contributed by atoms with Gasteiger partial charge in [-0.05, 0) is 47.9 Å². The highest BCUT2D eigenvalue weighted by Gasteiger charge is 2.30. The normalized spacial score (nSPS) is 14.0. The molecule has 0 atom stereocenters. The average Bonchev–Trinajstić information content (AvgIpc) is 2.82. The highest BCUT2D eigenvalue weighted by Crippen LogP contribution is 2.31. The molecule has 1 amide bonds. The van der Waals surface area contributed by atoms with Gasteiger partial charge in [0.25, 0.3) is 5.91 Å². The third kappa shape index (κ3) is 4.11. The number of hydrogen-bond acceptors (Lipinski definition) is 4. The first-order chi connectivity index (χ1) is 15.3. The average molecular weight is 471 g/mol. The molecule has 8 heteroatoms. The lowest BCUT2D eigenvalue weighted by Gasteiger charge is -2.28. The number of rotatable bonds is 5. The van der Waals surface area contributed by atoms with Crippen LogP contribution in [0.4, 0.5) is 5.69 Å². The fourth-order valence-corrected chi connectivity index (χ4v) is 5.49. The molecule has 0 fully saturated rings. The molecule has 1 heterocycles. The topological polar surface area (TPSA) is 66.9 Å². The van der Waals surface area contributed by atoms with Crippen molar-refractivity contribution in [3.63, 3.8) is 0 Å². The quantitative estimate of drug-likeness (QED) is 0.555. The summed E-state index contributed by atoms with van der Waals surface area (Å²) in [5.41, 5.74) is 2.81. The van der Waals surface area contributed by atoms with Crippen LogP contribution < -0.4 is 9.64 Å². The maximum atomic E-state index is 13.4. The molecule has 1 aliphatic heterocycles. The maximum Gasteiger partial charge on any atom is 0.259 e. The smallest absolute Gasteiger partial charge is 0.259 e. The largest absolute Gasteiger partial charge is 0.495 e. The van der Waals surface area contributed by atoms with Gasteiger partial charge in [-0.2, -0.15) is 4.31 Å². The van der Waals surface area contributed by atoms with Crippen molar-refractivity contribution in [2.75, 3.05) is 25.6 Å². The Morgan fingerprint density at radius 2 is 1.72 bits per heavy atom. The van der Waals surface area contributed by atoms with E-state index < -0.39 is 15.9 Å². The number of carbonyl (C=O) groups excluding carboxylic acids is 1. The Kier molecular flexibility index (Phi) is 6.24. The van der Waals surface area contributed by atoms with Crippen molar-refractivity contribution in [3.8, 4) is 5.75 Å². The van der Waals surface area contributed by atoms with Crippen molar-refractivity contribution < 1.29 is 17.9 Å². The number of fused-ring (bicyclic) bond motifs is 1. The number of hydrogen-bond donors (Lipinski definition) is 0. The zero-order valence-electron chi connectivity index (χ0n) is 17.8. The number of methoxy groups -OCH3 is 1. The molecule has 32 heavy (non-hydrogen) atoms. The number of nitrogens with zero attached hydrogens (tertiary/aromatic N) is 2. The van der Waals surface area contributed by atoms with Gasteiger partial charge in [0.05, 0.1) is 28.3 Å². The summed E-state index contributed by atoms with van der Waals surface area (Å²) in [6.07, 6.45) is 0.644. The molecule has 0 saturated carbocycles. The van der Waals surface area contributed by atoms with Gasteiger partial charge in [-0.1, -0.05) is 48.0 Å². The van der Waals surface area contributed by atoms with Crippen LogP contribution in [0, 0.1) is 0 Å². The van der Waals surface area contributed by atoms with Gasteiger partial charge < -0.3 is 9.64 Å². The van der Waals surface area contributed by atoms with Gasteiger partial charge in [-0.15, -0.1) is 0 Å². The Balaban J connectivity index is 1.66. The van der Waals surface area contributed by atoms with Gasteiger partial charge in [0.2, 0.25) is 10.0 Å². The van der Waals surface area contributed by atoms with E-state index in [0.29, 0.717) is 30.9 Å². The standard InChI is InChI=1S/C24H23ClN2O4S/c1-26(22-9-5-6-10-23(22)31-2)24(28)20-15-19(11-12-21(20)25)32(29,30)27-14-13-17-7-3-4-8-18(17)16-27/h3-12,15H,13-14,16H2,1-2H3. The number of carbonyl (C=O) groups is 1. The summed E-state index contributed by atoms with van der Waals surface area (Å²) >= 11 is 6.31. The number of anilines is 1. The molecule has 1 aliphatic rings. The van der Waals surface area contributed by atoms with Gasteiger partial charge in [0.1, 0.15) is 5.75 Å². The second-order valence-electron chi connectivity index (χ2n) is 7.53. The molecular weight excluding hydrogens is 448 g/mol. The number of amides is 1. The van der Waals surface area contributed by atoms with Crippen molar-refractivity contribution in [1.29, 1.82) is 0 Å². The van der Waals surface area contributed by atoms with Crippen LogP contribution in [0.5, 0.6) is 5.75 Å². The van der Waals surface area contributed by atoms with E-state index in [9.17, 15) is 13.2 Å². The first kappa shape index (κ1) is 22.3. The number of benzene rings is 3. The molecule has 0 aliphatic carbocycles. The van der Waals surface area contributed by atoms with Crippen molar-refractivity contribution in [3.05, 3.63) is 88.4 Å². The summed E-state index contributed by atoms with van der Waals surface area (Å²) in [4.78, 5) is 14.7. The Labute approximate surface area is 193 Å². The zero-order valence-corrected chi connectivity index (χ0v) is 19.4. The van der Waals surface area contributed by atoms with Gasteiger partial charge in [-0.3, -0.25) is 4.79 Å². The second kappa shape index (κ2) is 8.94. The molecule has 3 aromatic carbocycles. The van der Waals surface area contributed by atoms with Gasteiger partial charge in [-0.25, -0.2) is 8.42 Å². The van der Waals surface area contributed by atoms with Crippen LogP contribution >= 0.6 is 11.6 Å². The molecule has 166 valence electrons. The number of sulfonamides is 1. The first-order valence-corrected chi connectivity index (χ1v) is 11.9. The predicted octanol–water partition coefficient (Wildman–Crippen LogP) is 4.37. The molecule has 0 bridgehead atoms. The van der Waals surface area contributed by atoms with Crippen LogP contribution in [0.3, 0.4) is 0 Å². The fraction of sp³-hybridized carbons (Fsp3) is 0.208. The molecule has 4 rings (SSSR count). The number of para-hydroxylation sites is 2.